The van der Waals surface area contributed by atoms with Gasteiger partial charge in [-0.25, -0.2) is 0 Å². The first-order valence-corrected chi connectivity index (χ1v) is 5.06. The van der Waals surface area contributed by atoms with E-state index >= 15 is 0 Å². The van der Waals surface area contributed by atoms with Crippen LogP contribution in [0.1, 0.15) is 11.3 Å². The van der Waals surface area contributed by atoms with Crippen molar-refractivity contribution in [2.24, 2.45) is 0 Å². The van der Waals surface area contributed by atoms with Crippen molar-refractivity contribution in [1.82, 2.24) is 4.98 Å². The van der Waals surface area contributed by atoms with Crippen LogP contribution in [-0.2, 0) is 0 Å². The molecule has 2 rings (SSSR count). The van der Waals surface area contributed by atoms with Crippen molar-refractivity contribution in [3.05, 3.63) is 66.5 Å². The molecule has 2 heteroatoms. The molecule has 0 unspecified atom stereocenters. The lowest BCUT2D eigenvalue weighted by atomic mass is 10.0. The van der Waals surface area contributed by atoms with E-state index in [9.17, 15) is 0 Å². The highest BCUT2D eigenvalue weighted by atomic mass is 16.5. The van der Waals surface area contributed by atoms with E-state index in [0.29, 0.717) is 0 Å². The standard InChI is InChI=1S/C14H13NO/c1-11(12-6-4-3-5-7-12)14-10-13(16-2)8-9-15-14/h3-10H,1H2,2H3. The van der Waals surface area contributed by atoms with Gasteiger partial charge in [0.1, 0.15) is 5.75 Å². The van der Waals surface area contributed by atoms with Gasteiger partial charge in [-0.3, -0.25) is 4.98 Å². The molecule has 2 aromatic rings. The van der Waals surface area contributed by atoms with Gasteiger partial charge in [-0.2, -0.15) is 0 Å². The molecule has 0 saturated carbocycles. The average molecular weight is 211 g/mol. The van der Waals surface area contributed by atoms with Gasteiger partial charge in [0.15, 0.2) is 0 Å². The summed E-state index contributed by atoms with van der Waals surface area (Å²) in [7, 11) is 1.64. The summed E-state index contributed by atoms with van der Waals surface area (Å²) in [6, 6.07) is 13.7. The number of rotatable bonds is 3. The second kappa shape index (κ2) is 4.62. The molecule has 1 aromatic heterocycles. The van der Waals surface area contributed by atoms with Crippen molar-refractivity contribution in [2.75, 3.05) is 7.11 Å². The van der Waals surface area contributed by atoms with Gasteiger partial charge in [0.2, 0.25) is 0 Å². The number of benzene rings is 1. The van der Waals surface area contributed by atoms with Gasteiger partial charge in [-0.15, -0.1) is 0 Å². The Morgan fingerprint density at radius 3 is 2.62 bits per heavy atom. The highest BCUT2D eigenvalue weighted by Crippen LogP contribution is 2.22. The molecular weight excluding hydrogens is 198 g/mol. The first-order chi connectivity index (χ1) is 7.81. The molecule has 0 aliphatic heterocycles. The summed E-state index contributed by atoms with van der Waals surface area (Å²) in [5, 5.41) is 0. The molecule has 80 valence electrons. The zero-order valence-electron chi connectivity index (χ0n) is 9.18. The topological polar surface area (TPSA) is 22.1 Å². The third-order valence-electron chi connectivity index (χ3n) is 2.40. The Labute approximate surface area is 95.2 Å². The monoisotopic (exact) mass is 211 g/mol. The Bertz CT molecular complexity index is 491. The lowest BCUT2D eigenvalue weighted by Crippen LogP contribution is -1.91. The lowest BCUT2D eigenvalue weighted by Gasteiger charge is -2.06. The van der Waals surface area contributed by atoms with Crippen LogP contribution in [0.2, 0.25) is 0 Å². The Hall–Kier alpha value is -2.09. The fourth-order valence-corrected chi connectivity index (χ4v) is 1.49. The normalized spacial score (nSPS) is 9.81. The molecule has 0 bridgehead atoms. The maximum Gasteiger partial charge on any atom is 0.122 e. The Morgan fingerprint density at radius 2 is 1.94 bits per heavy atom. The van der Waals surface area contributed by atoms with Gasteiger partial charge in [-0.05, 0) is 11.6 Å². The number of hydrogen-bond donors (Lipinski definition) is 0. The van der Waals surface area contributed by atoms with E-state index in [1.807, 2.05) is 42.5 Å². The van der Waals surface area contributed by atoms with Gasteiger partial charge in [0.25, 0.3) is 0 Å². The van der Waals surface area contributed by atoms with Crippen molar-refractivity contribution in [3.8, 4) is 5.75 Å². The summed E-state index contributed by atoms with van der Waals surface area (Å²) in [5.74, 6) is 0.794. The van der Waals surface area contributed by atoms with Crippen LogP contribution >= 0.6 is 0 Å². The number of aromatic nitrogens is 1. The number of methoxy groups -OCH3 is 1. The molecule has 0 atom stereocenters. The first kappa shape index (κ1) is 10.4. The number of ether oxygens (including phenoxy) is 1. The van der Waals surface area contributed by atoms with Crippen LogP contribution in [0.25, 0.3) is 5.57 Å². The fraction of sp³-hybridized carbons (Fsp3) is 0.0714. The van der Waals surface area contributed by atoms with Crippen LogP contribution in [0, 0.1) is 0 Å². The maximum atomic E-state index is 5.16. The van der Waals surface area contributed by atoms with Crippen LogP contribution in [0.3, 0.4) is 0 Å². The van der Waals surface area contributed by atoms with Crippen LogP contribution in [0.5, 0.6) is 5.75 Å². The van der Waals surface area contributed by atoms with Gasteiger partial charge >= 0.3 is 0 Å². The third-order valence-corrected chi connectivity index (χ3v) is 2.40. The highest BCUT2D eigenvalue weighted by Gasteiger charge is 2.04. The molecule has 1 heterocycles. The molecule has 0 fully saturated rings. The maximum absolute atomic E-state index is 5.16. The van der Waals surface area contributed by atoms with Gasteiger partial charge in [0, 0.05) is 17.8 Å². The molecule has 2 nitrogen and oxygen atoms in total. The van der Waals surface area contributed by atoms with E-state index in [-0.39, 0.29) is 0 Å². The summed E-state index contributed by atoms with van der Waals surface area (Å²) in [6.07, 6.45) is 1.72. The third kappa shape index (κ3) is 2.11. The van der Waals surface area contributed by atoms with Crippen LogP contribution in [0.4, 0.5) is 0 Å². The second-order valence-electron chi connectivity index (χ2n) is 3.43. The van der Waals surface area contributed by atoms with Crippen molar-refractivity contribution in [3.63, 3.8) is 0 Å². The van der Waals surface area contributed by atoms with E-state index < -0.39 is 0 Å². The molecule has 16 heavy (non-hydrogen) atoms. The Morgan fingerprint density at radius 1 is 1.19 bits per heavy atom. The van der Waals surface area contributed by atoms with Crippen molar-refractivity contribution < 1.29 is 4.74 Å². The molecule has 0 radical (unpaired) electrons. The lowest BCUT2D eigenvalue weighted by molar-refractivity contribution is 0.414. The molecule has 0 saturated heterocycles. The van der Waals surface area contributed by atoms with Crippen molar-refractivity contribution in [2.45, 2.75) is 0 Å². The molecule has 0 aliphatic carbocycles. The first-order valence-electron chi connectivity index (χ1n) is 5.06. The number of pyridine rings is 1. The average Bonchev–Trinajstić information content (AvgIpc) is 2.39. The van der Waals surface area contributed by atoms with Crippen LogP contribution in [0.15, 0.2) is 55.2 Å². The summed E-state index contributed by atoms with van der Waals surface area (Å²) < 4.78 is 5.16. The van der Waals surface area contributed by atoms with Crippen LogP contribution < -0.4 is 4.74 Å². The van der Waals surface area contributed by atoms with E-state index in [1.54, 1.807) is 13.3 Å². The molecule has 0 N–H and O–H groups in total. The molecule has 0 spiro atoms. The summed E-state index contributed by atoms with van der Waals surface area (Å²) in [5.41, 5.74) is 2.81. The van der Waals surface area contributed by atoms with Gasteiger partial charge < -0.3 is 4.74 Å². The predicted molar refractivity (Wildman–Crippen MR) is 65.4 cm³/mol. The van der Waals surface area contributed by atoms with E-state index in [1.165, 1.54) is 0 Å². The minimum absolute atomic E-state index is 0.794. The zero-order chi connectivity index (χ0) is 11.4. The smallest absolute Gasteiger partial charge is 0.122 e. The fourth-order valence-electron chi connectivity index (χ4n) is 1.49. The molecular formula is C14H13NO. The minimum Gasteiger partial charge on any atom is -0.497 e. The van der Waals surface area contributed by atoms with Gasteiger partial charge in [-0.1, -0.05) is 36.9 Å². The Balaban J connectivity index is 2.34. The van der Waals surface area contributed by atoms with Crippen LogP contribution in [-0.4, -0.2) is 12.1 Å². The minimum atomic E-state index is 0.794. The molecule has 0 amide bonds. The van der Waals surface area contributed by atoms with E-state index in [0.717, 1.165) is 22.6 Å². The Kier molecular flexibility index (Phi) is 3.01. The zero-order valence-corrected chi connectivity index (χ0v) is 9.18. The SMILES string of the molecule is C=C(c1ccccc1)c1cc(OC)ccn1. The van der Waals surface area contributed by atoms with Crippen molar-refractivity contribution >= 4 is 5.57 Å². The summed E-state index contributed by atoms with van der Waals surface area (Å²) in [6.45, 7) is 4.05. The number of hydrogen-bond acceptors (Lipinski definition) is 2. The molecule has 1 aromatic carbocycles. The predicted octanol–water partition coefficient (Wildman–Crippen LogP) is 3.15. The second-order valence-corrected chi connectivity index (χ2v) is 3.43. The largest absolute Gasteiger partial charge is 0.497 e. The highest BCUT2D eigenvalue weighted by molar-refractivity contribution is 5.76. The van der Waals surface area contributed by atoms with Crippen molar-refractivity contribution in [1.29, 1.82) is 0 Å². The quantitative estimate of drug-likeness (QED) is 0.778. The van der Waals surface area contributed by atoms with E-state index in [4.69, 9.17) is 4.74 Å². The van der Waals surface area contributed by atoms with Gasteiger partial charge in [0.05, 0.1) is 12.8 Å². The molecule has 0 aliphatic rings. The number of nitrogens with zero attached hydrogens (tertiary/aromatic N) is 1. The van der Waals surface area contributed by atoms with E-state index in [2.05, 4.69) is 11.6 Å². The summed E-state index contributed by atoms with van der Waals surface area (Å²) >= 11 is 0. The summed E-state index contributed by atoms with van der Waals surface area (Å²) in [4.78, 5) is 4.28.